The fourth-order valence-electron chi connectivity index (χ4n) is 1.55. The lowest BCUT2D eigenvalue weighted by atomic mass is 9.99. The summed E-state index contributed by atoms with van der Waals surface area (Å²) in [5.74, 6) is -0.687. The van der Waals surface area contributed by atoms with E-state index < -0.39 is 10.8 Å². The average Bonchev–Trinajstić information content (AvgIpc) is 2.43. The van der Waals surface area contributed by atoms with E-state index in [0.29, 0.717) is 12.1 Å². The number of benzene rings is 1. The van der Waals surface area contributed by atoms with E-state index in [4.69, 9.17) is 5.11 Å². The van der Waals surface area contributed by atoms with Gasteiger partial charge in [0.05, 0.1) is 10.8 Å². The van der Waals surface area contributed by atoms with E-state index in [1.807, 2.05) is 6.92 Å². The van der Waals surface area contributed by atoms with E-state index in [9.17, 15) is 14.9 Å². The van der Waals surface area contributed by atoms with Crippen molar-refractivity contribution < 1.29 is 14.8 Å². The van der Waals surface area contributed by atoms with Crippen LogP contribution < -0.4 is 5.32 Å². The number of nitro benzene ring substituents is 1. The lowest BCUT2D eigenvalue weighted by Crippen LogP contribution is -2.32. The summed E-state index contributed by atoms with van der Waals surface area (Å²) < 4.78 is 0. The molecule has 2 unspecified atom stereocenters. The van der Waals surface area contributed by atoms with Gasteiger partial charge in [0.2, 0.25) is 5.91 Å². The maximum absolute atomic E-state index is 11.9. The van der Waals surface area contributed by atoms with Crippen LogP contribution in [0.1, 0.15) is 25.3 Å². The van der Waals surface area contributed by atoms with E-state index in [1.165, 1.54) is 12.1 Å². The van der Waals surface area contributed by atoms with Crippen molar-refractivity contribution in [2.45, 2.75) is 19.8 Å². The molecule has 0 bridgehead atoms. The van der Waals surface area contributed by atoms with Crippen molar-refractivity contribution in [3.05, 3.63) is 39.9 Å². The Balaban J connectivity index is 2.71. The van der Waals surface area contributed by atoms with Crippen molar-refractivity contribution in [3.8, 4) is 0 Å². The second-order valence-corrected chi connectivity index (χ2v) is 4.61. The molecule has 1 aromatic rings. The third kappa shape index (κ3) is 4.33. The van der Waals surface area contributed by atoms with Crippen LogP contribution in [0.3, 0.4) is 0 Å². The molecule has 0 saturated heterocycles. The van der Waals surface area contributed by atoms with Gasteiger partial charge in [0, 0.05) is 25.3 Å². The standard InChI is InChI=1S/C13H18N2O4/c1-9(8-16)7-14-13(17)10(2)11-4-3-5-12(6-11)15(18)19/h3-6,9-10,16H,7-8H2,1-2H3,(H,14,17). The van der Waals surface area contributed by atoms with Crippen molar-refractivity contribution in [1.29, 1.82) is 0 Å². The number of aliphatic hydroxyl groups excluding tert-OH is 1. The molecule has 2 atom stereocenters. The molecule has 1 aromatic carbocycles. The minimum atomic E-state index is -0.484. The number of non-ortho nitro benzene ring substituents is 1. The zero-order chi connectivity index (χ0) is 14.4. The maximum atomic E-state index is 11.9. The Bertz CT molecular complexity index is 462. The van der Waals surface area contributed by atoms with Crippen LogP contribution in [0.2, 0.25) is 0 Å². The minimum Gasteiger partial charge on any atom is -0.396 e. The zero-order valence-corrected chi connectivity index (χ0v) is 11.0. The summed E-state index contributed by atoms with van der Waals surface area (Å²) in [7, 11) is 0. The Hall–Kier alpha value is -1.95. The second-order valence-electron chi connectivity index (χ2n) is 4.61. The SMILES string of the molecule is CC(CO)CNC(=O)C(C)c1cccc([N+](=O)[O-])c1. The predicted octanol–water partition coefficient (Wildman–Crippen LogP) is 1.44. The number of hydrogen-bond donors (Lipinski definition) is 2. The quantitative estimate of drug-likeness (QED) is 0.602. The van der Waals surface area contributed by atoms with Crippen molar-refractivity contribution in [3.63, 3.8) is 0 Å². The van der Waals surface area contributed by atoms with Crippen molar-refractivity contribution in [2.24, 2.45) is 5.92 Å². The van der Waals surface area contributed by atoms with Crippen LogP contribution in [0.4, 0.5) is 5.69 Å². The topological polar surface area (TPSA) is 92.5 Å². The fourth-order valence-corrected chi connectivity index (χ4v) is 1.55. The summed E-state index contributed by atoms with van der Waals surface area (Å²) in [6.07, 6.45) is 0. The Morgan fingerprint density at radius 1 is 1.47 bits per heavy atom. The number of carbonyl (C=O) groups excluding carboxylic acids is 1. The smallest absolute Gasteiger partial charge is 0.269 e. The zero-order valence-electron chi connectivity index (χ0n) is 11.0. The summed E-state index contributed by atoms with van der Waals surface area (Å²) in [5, 5.41) is 22.3. The van der Waals surface area contributed by atoms with Crippen molar-refractivity contribution >= 4 is 11.6 Å². The van der Waals surface area contributed by atoms with Crippen LogP contribution in [0.5, 0.6) is 0 Å². The number of hydrogen-bond acceptors (Lipinski definition) is 4. The molecular weight excluding hydrogens is 248 g/mol. The van der Waals surface area contributed by atoms with Crippen LogP contribution in [-0.2, 0) is 4.79 Å². The first-order valence-corrected chi connectivity index (χ1v) is 6.08. The van der Waals surface area contributed by atoms with Gasteiger partial charge in [0.25, 0.3) is 5.69 Å². The molecule has 0 saturated carbocycles. The van der Waals surface area contributed by atoms with Gasteiger partial charge in [-0.15, -0.1) is 0 Å². The number of nitrogens with one attached hydrogen (secondary N) is 1. The van der Waals surface area contributed by atoms with Gasteiger partial charge in [-0.1, -0.05) is 19.1 Å². The molecule has 0 radical (unpaired) electrons. The highest BCUT2D eigenvalue weighted by atomic mass is 16.6. The third-order valence-corrected chi connectivity index (χ3v) is 2.91. The third-order valence-electron chi connectivity index (χ3n) is 2.91. The number of nitrogens with zero attached hydrogens (tertiary/aromatic N) is 1. The number of nitro groups is 1. The van der Waals surface area contributed by atoms with Gasteiger partial charge in [-0.3, -0.25) is 14.9 Å². The van der Waals surface area contributed by atoms with Crippen LogP contribution >= 0.6 is 0 Å². The summed E-state index contributed by atoms with van der Waals surface area (Å²) in [6, 6.07) is 6.04. The van der Waals surface area contributed by atoms with Crippen LogP contribution in [0, 0.1) is 16.0 Å². The second kappa shape index (κ2) is 6.84. The monoisotopic (exact) mass is 266 g/mol. The van der Waals surface area contributed by atoms with Crippen LogP contribution in [0.15, 0.2) is 24.3 Å². The molecule has 0 fully saturated rings. The maximum Gasteiger partial charge on any atom is 0.269 e. The lowest BCUT2D eigenvalue weighted by molar-refractivity contribution is -0.384. The van der Waals surface area contributed by atoms with Gasteiger partial charge < -0.3 is 10.4 Å². The van der Waals surface area contributed by atoms with E-state index in [-0.39, 0.29) is 24.1 Å². The highest BCUT2D eigenvalue weighted by Gasteiger charge is 2.17. The van der Waals surface area contributed by atoms with Gasteiger partial charge in [-0.05, 0) is 18.4 Å². The molecular formula is C13H18N2O4. The molecule has 0 aromatic heterocycles. The first-order chi connectivity index (χ1) is 8.95. The highest BCUT2D eigenvalue weighted by Crippen LogP contribution is 2.20. The summed E-state index contributed by atoms with van der Waals surface area (Å²) >= 11 is 0. The van der Waals surface area contributed by atoms with Gasteiger partial charge in [0.15, 0.2) is 0 Å². The molecule has 1 amide bonds. The van der Waals surface area contributed by atoms with E-state index >= 15 is 0 Å². The fraction of sp³-hybridized carbons (Fsp3) is 0.462. The van der Waals surface area contributed by atoms with E-state index in [2.05, 4.69) is 5.32 Å². The first kappa shape index (κ1) is 15.1. The molecule has 0 aliphatic carbocycles. The molecule has 104 valence electrons. The molecule has 2 N–H and O–H groups in total. The van der Waals surface area contributed by atoms with Crippen LogP contribution in [0.25, 0.3) is 0 Å². The number of rotatable bonds is 6. The Labute approximate surface area is 111 Å². The highest BCUT2D eigenvalue weighted by molar-refractivity contribution is 5.83. The van der Waals surface area contributed by atoms with Gasteiger partial charge in [-0.2, -0.15) is 0 Å². The Morgan fingerprint density at radius 3 is 2.74 bits per heavy atom. The first-order valence-electron chi connectivity index (χ1n) is 6.08. The van der Waals surface area contributed by atoms with E-state index in [1.54, 1.807) is 19.1 Å². The Kier molecular flexibility index (Phi) is 5.44. The molecule has 6 heteroatoms. The molecule has 0 aliphatic heterocycles. The average molecular weight is 266 g/mol. The molecule has 0 heterocycles. The predicted molar refractivity (Wildman–Crippen MR) is 70.8 cm³/mol. The van der Waals surface area contributed by atoms with Gasteiger partial charge in [0.1, 0.15) is 0 Å². The normalized spacial score (nSPS) is 13.6. The summed E-state index contributed by atoms with van der Waals surface area (Å²) in [5.41, 5.74) is 0.573. The number of amides is 1. The number of carbonyl (C=O) groups is 1. The molecule has 0 aliphatic rings. The molecule has 19 heavy (non-hydrogen) atoms. The minimum absolute atomic E-state index is 0.00543. The van der Waals surface area contributed by atoms with Gasteiger partial charge in [-0.25, -0.2) is 0 Å². The largest absolute Gasteiger partial charge is 0.396 e. The van der Waals surface area contributed by atoms with Gasteiger partial charge >= 0.3 is 0 Å². The van der Waals surface area contributed by atoms with Crippen LogP contribution in [-0.4, -0.2) is 29.1 Å². The van der Waals surface area contributed by atoms with E-state index in [0.717, 1.165) is 0 Å². The summed E-state index contributed by atoms with van der Waals surface area (Å²) in [6.45, 7) is 3.90. The number of aliphatic hydroxyl groups is 1. The molecule has 0 spiro atoms. The summed E-state index contributed by atoms with van der Waals surface area (Å²) in [4.78, 5) is 22.1. The lowest BCUT2D eigenvalue weighted by Gasteiger charge is -2.14. The van der Waals surface area contributed by atoms with Crippen molar-refractivity contribution in [1.82, 2.24) is 5.32 Å². The molecule has 6 nitrogen and oxygen atoms in total. The van der Waals surface area contributed by atoms with Crippen molar-refractivity contribution in [2.75, 3.05) is 13.2 Å². The molecule has 1 rings (SSSR count). The Morgan fingerprint density at radius 2 is 2.16 bits per heavy atom.